The van der Waals surface area contributed by atoms with Crippen LogP contribution in [0.15, 0.2) is 88.8 Å². The van der Waals surface area contributed by atoms with Crippen LogP contribution >= 0.6 is 0 Å². The van der Waals surface area contributed by atoms with Gasteiger partial charge in [-0.25, -0.2) is 26.1 Å². The fraction of sp³-hybridized carbons (Fsp3) is 0.172. The fourth-order valence-electron chi connectivity index (χ4n) is 4.43. The van der Waals surface area contributed by atoms with Crippen LogP contribution < -0.4 is 8.61 Å². The molecule has 0 saturated heterocycles. The average molecular weight is 664 g/mol. The van der Waals surface area contributed by atoms with Crippen LogP contribution in [0.1, 0.15) is 34.6 Å². The number of fused-ring (bicyclic) bond motifs is 1. The van der Waals surface area contributed by atoms with E-state index in [0.29, 0.717) is 4.31 Å². The van der Waals surface area contributed by atoms with Crippen LogP contribution in [0, 0.1) is 0 Å². The third-order valence-electron chi connectivity index (χ3n) is 6.62. The molecule has 1 aromatic heterocycles. The van der Waals surface area contributed by atoms with Crippen LogP contribution in [0.25, 0.3) is 10.8 Å². The third-order valence-corrected chi connectivity index (χ3v) is 10.2. The van der Waals surface area contributed by atoms with Gasteiger partial charge in [-0.1, -0.05) is 36.4 Å². The normalized spacial score (nSPS) is 12.0. The highest BCUT2D eigenvalue weighted by Gasteiger charge is 2.39. The molecule has 0 N–H and O–H groups in total. The summed E-state index contributed by atoms with van der Waals surface area (Å²) >= 11 is 0. The van der Waals surface area contributed by atoms with Gasteiger partial charge in [0, 0.05) is 28.4 Å². The molecule has 0 aliphatic heterocycles. The van der Waals surface area contributed by atoms with Gasteiger partial charge < -0.3 is 4.74 Å². The maximum atomic E-state index is 13.7. The summed E-state index contributed by atoms with van der Waals surface area (Å²) in [4.78, 5) is 37.9. The van der Waals surface area contributed by atoms with Gasteiger partial charge in [-0.15, -0.1) is 0 Å². The number of hydrogen-bond acceptors (Lipinski definition) is 9. The molecular formula is C29H24F3N3O8S2. The predicted octanol–water partition coefficient (Wildman–Crippen LogP) is 4.72. The summed E-state index contributed by atoms with van der Waals surface area (Å²) in [5.74, 6) is -2.63. The molecule has 1 heterocycles. The van der Waals surface area contributed by atoms with Crippen molar-refractivity contribution in [3.8, 4) is 0 Å². The first-order valence-corrected chi connectivity index (χ1v) is 15.8. The standard InChI is InChI=1S/C29H24F3N3O8S2/c1-3-34(44(39,40)22-14-10-21(11-15-22)27(38)29(30,31)32)26-16-33-28(25-7-5-4-6-24(25)26)35(17-43-18-36)45(41,42)23-12-8-20(9-13-23)19(2)37/h4-16,18H,3,17H2,1-2H3. The van der Waals surface area contributed by atoms with E-state index in [1.165, 1.54) is 50.2 Å². The lowest BCUT2D eigenvalue weighted by Crippen LogP contribution is -2.35. The van der Waals surface area contributed by atoms with E-state index in [9.17, 15) is 44.4 Å². The number of nitrogens with zero attached hydrogens (tertiary/aromatic N) is 3. The van der Waals surface area contributed by atoms with Crippen molar-refractivity contribution in [3.05, 3.63) is 90.1 Å². The molecule has 0 atom stereocenters. The number of anilines is 2. The van der Waals surface area contributed by atoms with E-state index in [4.69, 9.17) is 4.74 Å². The third kappa shape index (κ3) is 6.51. The molecule has 16 heteroatoms. The summed E-state index contributed by atoms with van der Waals surface area (Å²) in [6.45, 7) is 1.89. The Kier molecular flexibility index (Phi) is 9.30. The highest BCUT2D eigenvalue weighted by Crippen LogP contribution is 2.37. The largest absolute Gasteiger partial charge is 0.454 e. The lowest BCUT2D eigenvalue weighted by Gasteiger charge is -2.27. The Labute approximate surface area is 256 Å². The molecule has 0 bridgehead atoms. The van der Waals surface area contributed by atoms with Crippen LogP contribution in [-0.2, 0) is 29.6 Å². The Balaban J connectivity index is 1.83. The van der Waals surface area contributed by atoms with Gasteiger partial charge in [-0.05, 0) is 50.2 Å². The number of sulfonamides is 2. The van der Waals surface area contributed by atoms with E-state index in [2.05, 4.69) is 4.98 Å². The summed E-state index contributed by atoms with van der Waals surface area (Å²) in [5, 5.41) is 0.364. The Morgan fingerprint density at radius 2 is 1.33 bits per heavy atom. The minimum Gasteiger partial charge on any atom is -0.445 e. The van der Waals surface area contributed by atoms with Gasteiger partial charge in [0.15, 0.2) is 18.3 Å². The molecule has 0 aliphatic rings. The fourth-order valence-corrected chi connectivity index (χ4v) is 7.22. The van der Waals surface area contributed by atoms with Crippen molar-refractivity contribution in [2.75, 3.05) is 21.9 Å². The Morgan fingerprint density at radius 3 is 1.82 bits per heavy atom. The molecule has 4 rings (SSSR count). The van der Waals surface area contributed by atoms with E-state index >= 15 is 0 Å². The molecule has 11 nitrogen and oxygen atoms in total. The van der Waals surface area contributed by atoms with Crippen LogP contribution in [0.2, 0.25) is 0 Å². The number of alkyl halides is 3. The Hall–Kier alpha value is -4.83. The number of pyridine rings is 1. The van der Waals surface area contributed by atoms with Crippen molar-refractivity contribution in [3.63, 3.8) is 0 Å². The van der Waals surface area contributed by atoms with Crippen LogP contribution in [0.5, 0.6) is 0 Å². The molecule has 0 radical (unpaired) electrons. The number of Topliss-reactive ketones (excluding diaryl/α,β-unsaturated/α-hetero) is 2. The van der Waals surface area contributed by atoms with E-state index in [-0.39, 0.29) is 51.5 Å². The van der Waals surface area contributed by atoms with Crippen LogP contribution in [0.4, 0.5) is 24.7 Å². The van der Waals surface area contributed by atoms with Crippen LogP contribution in [0.3, 0.4) is 0 Å². The first-order valence-electron chi connectivity index (χ1n) is 13.0. The van der Waals surface area contributed by atoms with Gasteiger partial charge in [0.05, 0.1) is 21.7 Å². The number of carbonyl (C=O) groups is 3. The first-order chi connectivity index (χ1) is 21.1. The quantitative estimate of drug-likeness (QED) is 0.119. The van der Waals surface area contributed by atoms with Crippen molar-refractivity contribution in [1.29, 1.82) is 0 Å². The number of rotatable bonds is 12. The highest BCUT2D eigenvalue weighted by atomic mass is 32.2. The monoisotopic (exact) mass is 663 g/mol. The lowest BCUT2D eigenvalue weighted by atomic mass is 10.1. The summed E-state index contributed by atoms with van der Waals surface area (Å²) < 4.78 is 99.7. The zero-order chi connectivity index (χ0) is 33.2. The number of hydrogen-bond donors (Lipinski definition) is 0. The molecule has 45 heavy (non-hydrogen) atoms. The maximum Gasteiger partial charge on any atom is 0.454 e. The lowest BCUT2D eigenvalue weighted by molar-refractivity contribution is -0.128. The molecule has 0 aliphatic carbocycles. The van der Waals surface area contributed by atoms with E-state index in [1.54, 1.807) is 12.1 Å². The number of ether oxygens (including phenoxy) is 1. The molecule has 3 aromatic carbocycles. The molecule has 236 valence electrons. The SMILES string of the molecule is CCN(c1cnc(N(COC=O)S(=O)(=O)c2ccc(C(C)=O)cc2)c2ccccc12)S(=O)(=O)c1ccc(C(=O)C(F)(F)F)cc1. The van der Waals surface area contributed by atoms with Crippen molar-refractivity contribution in [2.24, 2.45) is 0 Å². The minimum atomic E-state index is -5.14. The van der Waals surface area contributed by atoms with E-state index < -0.39 is 49.2 Å². The van der Waals surface area contributed by atoms with Crippen molar-refractivity contribution < 1.29 is 49.1 Å². The van der Waals surface area contributed by atoms with Crippen molar-refractivity contribution >= 4 is 60.4 Å². The molecular weight excluding hydrogens is 639 g/mol. The van der Waals surface area contributed by atoms with Gasteiger partial charge >= 0.3 is 6.18 Å². The number of halogens is 3. The average Bonchev–Trinajstić information content (AvgIpc) is 3.01. The zero-order valence-corrected chi connectivity index (χ0v) is 25.2. The molecule has 0 unspecified atom stereocenters. The molecule has 0 fully saturated rings. The number of ketones is 2. The topological polar surface area (TPSA) is 148 Å². The number of carbonyl (C=O) groups excluding carboxylic acids is 3. The smallest absolute Gasteiger partial charge is 0.445 e. The molecule has 0 spiro atoms. The summed E-state index contributed by atoms with van der Waals surface area (Å²) in [6, 6.07) is 14.4. The Morgan fingerprint density at radius 1 is 0.822 bits per heavy atom. The van der Waals surface area contributed by atoms with Crippen molar-refractivity contribution in [1.82, 2.24) is 4.98 Å². The maximum absolute atomic E-state index is 13.7. The number of aromatic nitrogens is 1. The molecule has 0 saturated carbocycles. The minimum absolute atomic E-state index is 0.00626. The van der Waals surface area contributed by atoms with Gasteiger partial charge in [-0.3, -0.25) is 18.7 Å². The van der Waals surface area contributed by atoms with Gasteiger partial charge in [0.25, 0.3) is 32.3 Å². The summed E-state index contributed by atoms with van der Waals surface area (Å²) in [7, 11) is -8.89. The van der Waals surface area contributed by atoms with Gasteiger partial charge in [0.1, 0.15) is 0 Å². The Bertz CT molecular complexity index is 1980. The zero-order valence-electron chi connectivity index (χ0n) is 23.6. The van der Waals surface area contributed by atoms with Crippen LogP contribution in [-0.4, -0.2) is 59.3 Å². The molecule has 4 aromatic rings. The highest BCUT2D eigenvalue weighted by molar-refractivity contribution is 7.93. The predicted molar refractivity (Wildman–Crippen MR) is 157 cm³/mol. The van der Waals surface area contributed by atoms with E-state index in [1.807, 2.05) is 0 Å². The summed E-state index contributed by atoms with van der Waals surface area (Å²) in [6.07, 6.45) is -4.04. The first kappa shape index (κ1) is 33.1. The molecule has 0 amide bonds. The second-order valence-corrected chi connectivity index (χ2v) is 13.1. The van der Waals surface area contributed by atoms with E-state index in [0.717, 1.165) is 34.8 Å². The second kappa shape index (κ2) is 12.6. The number of benzene rings is 3. The van der Waals surface area contributed by atoms with Gasteiger partial charge in [0.2, 0.25) is 0 Å². The summed E-state index contributed by atoms with van der Waals surface area (Å²) in [5.41, 5.74) is -0.470. The van der Waals surface area contributed by atoms with Crippen molar-refractivity contribution in [2.45, 2.75) is 29.8 Å². The second-order valence-electron chi connectivity index (χ2n) is 9.36. The van der Waals surface area contributed by atoms with Gasteiger partial charge in [-0.2, -0.15) is 13.2 Å².